The number of nitroso groups, excluding NO2 is 1. The largest absolute Gasteiger partial charge is 0.478 e. The van der Waals surface area contributed by atoms with Gasteiger partial charge >= 0.3 is 5.97 Å². The quantitative estimate of drug-likeness (QED) is 0.408. The maximum Gasteiger partial charge on any atom is 0.335 e. The highest BCUT2D eigenvalue weighted by Crippen LogP contribution is 2.35. The van der Waals surface area contributed by atoms with E-state index in [1.807, 2.05) is 54.6 Å². The van der Waals surface area contributed by atoms with Crippen molar-refractivity contribution in [2.45, 2.75) is 18.4 Å². The fraction of sp³-hybridized carbons (Fsp3) is 0.179. The van der Waals surface area contributed by atoms with Gasteiger partial charge in [-0.25, -0.2) is 9.18 Å². The van der Waals surface area contributed by atoms with Gasteiger partial charge in [0.25, 0.3) is 0 Å². The van der Waals surface area contributed by atoms with E-state index in [0.717, 1.165) is 28.8 Å². The Bertz CT molecular complexity index is 1230. The third-order valence-electron chi connectivity index (χ3n) is 6.10. The molecule has 1 aliphatic rings. The van der Waals surface area contributed by atoms with Crippen molar-refractivity contribution in [2.24, 2.45) is 5.18 Å². The molecule has 0 saturated carbocycles. The minimum atomic E-state index is -0.970. The molecule has 1 N–H and O–H groups in total. The Hall–Kier alpha value is -4.06. The SMILES string of the molecule is CN1C=C(C(CC(c2ccc(-c3ccc(C(=O)O)cc3)cc2)c2ccccc2F)N=O)C=CC1. The van der Waals surface area contributed by atoms with Crippen molar-refractivity contribution in [1.29, 1.82) is 0 Å². The lowest BCUT2D eigenvalue weighted by Crippen LogP contribution is -2.21. The minimum Gasteiger partial charge on any atom is -0.478 e. The van der Waals surface area contributed by atoms with Crippen molar-refractivity contribution in [3.8, 4) is 11.1 Å². The van der Waals surface area contributed by atoms with E-state index >= 15 is 0 Å². The van der Waals surface area contributed by atoms with E-state index < -0.39 is 12.0 Å². The van der Waals surface area contributed by atoms with Crippen LogP contribution in [0, 0.1) is 10.7 Å². The van der Waals surface area contributed by atoms with Crippen molar-refractivity contribution >= 4 is 5.97 Å². The number of carboxylic acids is 1. The summed E-state index contributed by atoms with van der Waals surface area (Å²) < 4.78 is 14.8. The second-order valence-electron chi connectivity index (χ2n) is 8.41. The smallest absolute Gasteiger partial charge is 0.335 e. The van der Waals surface area contributed by atoms with Crippen LogP contribution in [0.5, 0.6) is 0 Å². The first-order valence-corrected chi connectivity index (χ1v) is 11.1. The zero-order valence-electron chi connectivity index (χ0n) is 18.8. The highest BCUT2D eigenvalue weighted by Gasteiger charge is 2.25. The summed E-state index contributed by atoms with van der Waals surface area (Å²) in [6.07, 6.45) is 6.14. The Balaban J connectivity index is 1.66. The van der Waals surface area contributed by atoms with Gasteiger partial charge in [-0.05, 0) is 52.4 Å². The number of aromatic carboxylic acids is 1. The van der Waals surface area contributed by atoms with Crippen LogP contribution in [0.1, 0.15) is 33.8 Å². The predicted molar refractivity (Wildman–Crippen MR) is 131 cm³/mol. The first kappa shape index (κ1) is 23.1. The number of likely N-dealkylation sites (N-methyl/N-ethyl adjacent to an activating group) is 1. The highest BCUT2D eigenvalue weighted by atomic mass is 19.1. The lowest BCUT2D eigenvalue weighted by molar-refractivity contribution is 0.0697. The number of hydrogen-bond acceptors (Lipinski definition) is 4. The summed E-state index contributed by atoms with van der Waals surface area (Å²) in [5.74, 6) is -1.66. The van der Waals surface area contributed by atoms with Crippen LogP contribution in [0.15, 0.2) is 102 Å². The first-order chi connectivity index (χ1) is 16.5. The molecule has 0 aromatic heterocycles. The first-order valence-electron chi connectivity index (χ1n) is 11.1. The molecule has 0 saturated heterocycles. The maximum absolute atomic E-state index is 14.8. The summed E-state index contributed by atoms with van der Waals surface area (Å²) in [7, 11) is 1.93. The molecule has 0 amide bonds. The van der Waals surface area contributed by atoms with E-state index in [2.05, 4.69) is 5.18 Å². The third kappa shape index (κ3) is 5.12. The summed E-state index contributed by atoms with van der Waals surface area (Å²) in [6.45, 7) is 0.765. The Labute approximate surface area is 197 Å². The number of nitrogens with zero attached hydrogens (tertiary/aromatic N) is 2. The predicted octanol–water partition coefficient (Wildman–Crippen LogP) is 6.23. The zero-order chi connectivity index (χ0) is 24.1. The molecule has 2 atom stereocenters. The zero-order valence-corrected chi connectivity index (χ0v) is 18.8. The molecule has 4 rings (SSSR count). The molecule has 3 aromatic carbocycles. The summed E-state index contributed by atoms with van der Waals surface area (Å²) in [5.41, 5.74) is 4.22. The molecule has 3 aromatic rings. The van der Waals surface area contributed by atoms with Crippen LogP contribution in [0.2, 0.25) is 0 Å². The number of benzene rings is 3. The van der Waals surface area contributed by atoms with Crippen LogP contribution in [0.3, 0.4) is 0 Å². The molecule has 5 nitrogen and oxygen atoms in total. The van der Waals surface area contributed by atoms with Crippen molar-refractivity contribution in [3.05, 3.63) is 124 Å². The summed E-state index contributed by atoms with van der Waals surface area (Å²) in [4.78, 5) is 24.9. The summed E-state index contributed by atoms with van der Waals surface area (Å²) >= 11 is 0. The molecule has 0 spiro atoms. The monoisotopic (exact) mass is 456 g/mol. The molecule has 1 heterocycles. The maximum atomic E-state index is 14.8. The second-order valence-corrected chi connectivity index (χ2v) is 8.41. The molecule has 2 unspecified atom stereocenters. The van der Waals surface area contributed by atoms with E-state index in [1.165, 1.54) is 6.07 Å². The Morgan fingerprint density at radius 3 is 2.26 bits per heavy atom. The molecule has 0 aliphatic carbocycles. The van der Waals surface area contributed by atoms with Gasteiger partial charge in [0.05, 0.1) is 5.56 Å². The van der Waals surface area contributed by atoms with Crippen LogP contribution in [0.25, 0.3) is 11.1 Å². The molecule has 0 bridgehead atoms. The molecular weight excluding hydrogens is 431 g/mol. The van der Waals surface area contributed by atoms with Crippen LogP contribution in [0.4, 0.5) is 4.39 Å². The molecule has 172 valence electrons. The Morgan fingerprint density at radius 1 is 1.03 bits per heavy atom. The molecule has 6 heteroatoms. The molecule has 0 fully saturated rings. The van der Waals surface area contributed by atoms with Gasteiger partial charge in [0.2, 0.25) is 0 Å². The standard InChI is InChI=1S/C28H25FN2O3/c1-31-16-4-5-23(18-31)27(30-34)17-25(24-6-2-3-7-26(24)29)21-12-8-19(9-13-21)20-10-14-22(15-11-20)28(32)33/h2-15,18,25,27H,16-17H2,1H3,(H,32,33). The molecule has 34 heavy (non-hydrogen) atoms. The van der Waals surface area contributed by atoms with E-state index in [4.69, 9.17) is 5.11 Å². The van der Waals surface area contributed by atoms with Crippen molar-refractivity contribution in [2.75, 3.05) is 13.6 Å². The van der Waals surface area contributed by atoms with Gasteiger partial charge in [-0.15, -0.1) is 0 Å². The average Bonchev–Trinajstić information content (AvgIpc) is 2.86. The summed E-state index contributed by atoms with van der Waals surface area (Å²) in [6, 6.07) is 20.4. The molecule has 1 aliphatic heterocycles. The number of halogens is 1. The van der Waals surface area contributed by atoms with Crippen LogP contribution >= 0.6 is 0 Å². The van der Waals surface area contributed by atoms with E-state index in [9.17, 15) is 14.1 Å². The number of hydrogen-bond donors (Lipinski definition) is 1. The second kappa shape index (κ2) is 10.3. The Morgan fingerprint density at radius 2 is 1.68 bits per heavy atom. The van der Waals surface area contributed by atoms with Crippen molar-refractivity contribution < 1.29 is 14.3 Å². The molecular formula is C28H25FN2O3. The van der Waals surface area contributed by atoms with Gasteiger partial charge in [-0.3, -0.25) is 0 Å². The highest BCUT2D eigenvalue weighted by molar-refractivity contribution is 5.88. The average molecular weight is 457 g/mol. The lowest BCUT2D eigenvalue weighted by Gasteiger charge is -2.25. The van der Waals surface area contributed by atoms with Gasteiger partial charge in [0.1, 0.15) is 11.9 Å². The molecule has 0 radical (unpaired) electrons. The van der Waals surface area contributed by atoms with E-state index in [1.54, 1.807) is 42.5 Å². The van der Waals surface area contributed by atoms with Gasteiger partial charge in [-0.1, -0.05) is 71.9 Å². The van der Waals surface area contributed by atoms with Gasteiger partial charge in [0.15, 0.2) is 0 Å². The van der Waals surface area contributed by atoms with Gasteiger partial charge < -0.3 is 10.0 Å². The van der Waals surface area contributed by atoms with E-state index in [0.29, 0.717) is 12.0 Å². The van der Waals surface area contributed by atoms with Crippen LogP contribution < -0.4 is 0 Å². The summed E-state index contributed by atoms with van der Waals surface area (Å²) in [5, 5.41) is 12.5. The number of carboxylic acid groups (broad SMARTS) is 1. The Kier molecular flexibility index (Phi) is 6.97. The fourth-order valence-electron chi connectivity index (χ4n) is 4.28. The number of rotatable bonds is 8. The van der Waals surface area contributed by atoms with Crippen molar-refractivity contribution in [1.82, 2.24) is 4.90 Å². The van der Waals surface area contributed by atoms with Crippen LogP contribution in [-0.2, 0) is 0 Å². The van der Waals surface area contributed by atoms with Crippen molar-refractivity contribution in [3.63, 3.8) is 0 Å². The minimum absolute atomic E-state index is 0.226. The topological polar surface area (TPSA) is 70.0 Å². The third-order valence-corrected chi connectivity index (χ3v) is 6.10. The van der Waals surface area contributed by atoms with E-state index in [-0.39, 0.29) is 17.3 Å². The normalized spacial score (nSPS) is 14.9. The van der Waals surface area contributed by atoms with Gasteiger partial charge in [0, 0.05) is 25.7 Å². The lowest BCUT2D eigenvalue weighted by atomic mass is 9.83. The van der Waals surface area contributed by atoms with Crippen LogP contribution in [-0.4, -0.2) is 35.6 Å². The number of carbonyl (C=O) groups is 1. The van der Waals surface area contributed by atoms with Gasteiger partial charge in [-0.2, -0.15) is 4.91 Å². The fourth-order valence-corrected chi connectivity index (χ4v) is 4.28.